The average Bonchev–Trinajstić information content (AvgIpc) is 2.76. The smallest absolute Gasteiger partial charge is 0.269 e. The molecule has 6 nitrogen and oxygen atoms in total. The topological polar surface area (TPSA) is 74.5 Å². The second kappa shape index (κ2) is 9.18. The van der Waals surface area contributed by atoms with Gasteiger partial charge in [-0.25, -0.2) is 4.98 Å². The number of rotatable bonds is 6. The van der Waals surface area contributed by atoms with Gasteiger partial charge < -0.3 is 20.9 Å². The maximum atomic E-state index is 11.9. The van der Waals surface area contributed by atoms with Gasteiger partial charge in [-0.1, -0.05) is 29.8 Å². The Morgan fingerprint density at radius 3 is 2.32 bits per heavy atom. The van der Waals surface area contributed by atoms with Crippen LogP contribution in [0.15, 0.2) is 60.8 Å². The van der Waals surface area contributed by atoms with Gasteiger partial charge in [0.2, 0.25) is 0 Å². The molecule has 2 aromatic carbocycles. The first-order valence-corrected chi connectivity index (χ1v) is 10.6. The van der Waals surface area contributed by atoms with Crippen molar-refractivity contribution < 1.29 is 4.79 Å². The number of amides is 1. The highest BCUT2D eigenvalue weighted by Crippen LogP contribution is 2.25. The number of primary amides is 1. The summed E-state index contributed by atoms with van der Waals surface area (Å²) in [5.41, 5.74) is 12.0. The molecule has 0 aliphatic carbocycles. The van der Waals surface area contributed by atoms with Crippen LogP contribution in [-0.2, 0) is 6.42 Å². The fourth-order valence-corrected chi connectivity index (χ4v) is 3.81. The van der Waals surface area contributed by atoms with Crippen molar-refractivity contribution in [3.05, 3.63) is 83.2 Å². The van der Waals surface area contributed by atoms with Crippen molar-refractivity contribution in [1.82, 2.24) is 9.88 Å². The molecule has 0 bridgehead atoms. The van der Waals surface area contributed by atoms with Gasteiger partial charge in [0.05, 0.1) is 5.69 Å². The highest BCUT2D eigenvalue weighted by Gasteiger charge is 2.15. The first-order valence-electron chi connectivity index (χ1n) is 10.6. The molecular weight excluding hydrogens is 386 g/mol. The zero-order chi connectivity index (χ0) is 21.8. The largest absolute Gasteiger partial charge is 0.369 e. The summed E-state index contributed by atoms with van der Waals surface area (Å²) in [4.78, 5) is 21.0. The summed E-state index contributed by atoms with van der Waals surface area (Å²) in [5, 5.41) is 3.34. The number of aromatic nitrogens is 1. The van der Waals surface area contributed by atoms with Gasteiger partial charge in [0.25, 0.3) is 5.91 Å². The number of aryl methyl sites for hydroxylation is 1. The van der Waals surface area contributed by atoms with Crippen LogP contribution in [0.5, 0.6) is 0 Å². The zero-order valence-electron chi connectivity index (χ0n) is 18.1. The molecule has 1 aliphatic heterocycles. The van der Waals surface area contributed by atoms with Crippen molar-refractivity contribution in [2.45, 2.75) is 13.3 Å². The molecule has 31 heavy (non-hydrogen) atoms. The number of nitrogens with one attached hydrogen (secondary N) is 1. The van der Waals surface area contributed by atoms with E-state index in [-0.39, 0.29) is 5.69 Å². The van der Waals surface area contributed by atoms with Gasteiger partial charge in [0, 0.05) is 43.8 Å². The number of carbonyl (C=O) groups excluding carboxylic acids is 1. The van der Waals surface area contributed by atoms with Crippen LogP contribution in [-0.4, -0.2) is 49.0 Å². The van der Waals surface area contributed by atoms with Crippen molar-refractivity contribution in [1.29, 1.82) is 0 Å². The summed E-state index contributed by atoms with van der Waals surface area (Å²) in [6, 6.07) is 18.7. The van der Waals surface area contributed by atoms with Crippen molar-refractivity contribution in [2.24, 2.45) is 5.73 Å². The van der Waals surface area contributed by atoms with Crippen LogP contribution in [0.1, 0.15) is 27.2 Å². The minimum Gasteiger partial charge on any atom is -0.369 e. The van der Waals surface area contributed by atoms with E-state index in [2.05, 4.69) is 70.5 Å². The van der Waals surface area contributed by atoms with Crippen LogP contribution < -0.4 is 16.0 Å². The minimum absolute atomic E-state index is 0.246. The first kappa shape index (κ1) is 20.9. The van der Waals surface area contributed by atoms with E-state index in [0.29, 0.717) is 5.69 Å². The Balaban J connectivity index is 1.52. The van der Waals surface area contributed by atoms with E-state index < -0.39 is 5.91 Å². The average molecular weight is 416 g/mol. The maximum absolute atomic E-state index is 11.9. The number of benzene rings is 2. The molecule has 0 saturated carbocycles. The third-order valence-corrected chi connectivity index (χ3v) is 5.72. The number of piperazine rings is 1. The van der Waals surface area contributed by atoms with Gasteiger partial charge in [0.1, 0.15) is 0 Å². The Bertz CT molecular complexity index is 1040. The molecule has 3 N–H and O–H groups in total. The summed E-state index contributed by atoms with van der Waals surface area (Å²) in [7, 11) is 2.15. The monoisotopic (exact) mass is 415 g/mol. The molecule has 1 aliphatic rings. The Labute approximate surface area is 183 Å². The minimum atomic E-state index is -0.543. The number of likely N-dealkylation sites (N-methyl/N-ethyl adjacent to an activating group) is 1. The molecule has 0 atom stereocenters. The lowest BCUT2D eigenvalue weighted by Gasteiger charge is -2.34. The molecular formula is C25H29N5O. The van der Waals surface area contributed by atoms with E-state index in [1.807, 2.05) is 18.2 Å². The van der Waals surface area contributed by atoms with Crippen LogP contribution in [0.25, 0.3) is 0 Å². The predicted octanol–water partition coefficient (Wildman–Crippen LogP) is 3.58. The summed E-state index contributed by atoms with van der Waals surface area (Å²) in [6.07, 6.45) is 2.46. The predicted molar refractivity (Wildman–Crippen MR) is 126 cm³/mol. The quantitative estimate of drug-likeness (QED) is 0.644. The van der Waals surface area contributed by atoms with Crippen LogP contribution in [0.4, 0.5) is 17.1 Å². The van der Waals surface area contributed by atoms with E-state index in [0.717, 1.165) is 43.9 Å². The maximum Gasteiger partial charge on any atom is 0.269 e. The van der Waals surface area contributed by atoms with E-state index in [1.165, 1.54) is 16.8 Å². The third kappa shape index (κ3) is 5.22. The summed E-state index contributed by atoms with van der Waals surface area (Å²) >= 11 is 0. The van der Waals surface area contributed by atoms with Crippen molar-refractivity contribution in [2.75, 3.05) is 43.4 Å². The molecule has 0 unspecified atom stereocenters. The fourth-order valence-electron chi connectivity index (χ4n) is 3.81. The Morgan fingerprint density at radius 1 is 1.00 bits per heavy atom. The normalized spacial score (nSPS) is 14.5. The van der Waals surface area contributed by atoms with Crippen molar-refractivity contribution >= 4 is 23.0 Å². The van der Waals surface area contributed by atoms with Crippen molar-refractivity contribution in [3.63, 3.8) is 0 Å². The molecule has 4 rings (SSSR count). The zero-order valence-corrected chi connectivity index (χ0v) is 18.1. The highest BCUT2D eigenvalue weighted by molar-refractivity contribution is 5.97. The number of anilines is 3. The lowest BCUT2D eigenvalue weighted by molar-refractivity contribution is 0.0996. The molecule has 3 aromatic rings. The highest BCUT2D eigenvalue weighted by atomic mass is 16.1. The van der Waals surface area contributed by atoms with Gasteiger partial charge in [-0.2, -0.15) is 0 Å². The Kier molecular flexibility index (Phi) is 6.18. The Morgan fingerprint density at radius 2 is 1.68 bits per heavy atom. The molecule has 1 amide bonds. The van der Waals surface area contributed by atoms with E-state index in [4.69, 9.17) is 5.73 Å². The van der Waals surface area contributed by atoms with Gasteiger partial charge in [-0.3, -0.25) is 4.79 Å². The summed E-state index contributed by atoms with van der Waals surface area (Å²) in [6.45, 7) is 6.27. The fraction of sp³-hybridized carbons (Fsp3) is 0.280. The molecule has 6 heteroatoms. The molecule has 1 fully saturated rings. The molecule has 2 heterocycles. The van der Waals surface area contributed by atoms with Gasteiger partial charge in [-0.05, 0) is 61.9 Å². The molecule has 1 aromatic heterocycles. The standard InChI is InChI=1S/C25H29N5O/c1-18-3-5-19(6-4-18)15-20-16-23(24(25(26)31)27-17-20)28-21-7-9-22(10-8-21)30-13-11-29(2)12-14-30/h3-10,16-17,28H,11-15H2,1-2H3,(H2,26,31). The molecule has 0 radical (unpaired) electrons. The van der Waals surface area contributed by atoms with E-state index >= 15 is 0 Å². The molecule has 160 valence electrons. The van der Waals surface area contributed by atoms with Crippen LogP contribution in [0.3, 0.4) is 0 Å². The van der Waals surface area contributed by atoms with Crippen LogP contribution in [0.2, 0.25) is 0 Å². The molecule has 0 spiro atoms. The lowest BCUT2D eigenvalue weighted by atomic mass is 10.0. The molecule has 1 saturated heterocycles. The second-order valence-electron chi connectivity index (χ2n) is 8.23. The Hall–Kier alpha value is -3.38. The van der Waals surface area contributed by atoms with E-state index in [1.54, 1.807) is 6.20 Å². The van der Waals surface area contributed by atoms with E-state index in [9.17, 15) is 4.79 Å². The summed E-state index contributed by atoms with van der Waals surface area (Å²) < 4.78 is 0. The number of nitrogens with two attached hydrogens (primary N) is 1. The SMILES string of the molecule is Cc1ccc(Cc2cnc(C(N)=O)c(Nc3ccc(N4CCN(C)CC4)cc3)c2)cc1. The van der Waals surface area contributed by atoms with Gasteiger partial charge in [0.15, 0.2) is 5.69 Å². The number of hydrogen-bond donors (Lipinski definition) is 2. The second-order valence-corrected chi connectivity index (χ2v) is 8.23. The first-order chi connectivity index (χ1) is 15.0. The van der Waals surface area contributed by atoms with Crippen LogP contribution in [0, 0.1) is 6.92 Å². The third-order valence-electron chi connectivity index (χ3n) is 5.72. The number of hydrogen-bond acceptors (Lipinski definition) is 5. The van der Waals surface area contributed by atoms with Crippen LogP contribution >= 0.6 is 0 Å². The van der Waals surface area contributed by atoms with Crippen molar-refractivity contribution in [3.8, 4) is 0 Å². The van der Waals surface area contributed by atoms with Gasteiger partial charge in [-0.15, -0.1) is 0 Å². The summed E-state index contributed by atoms with van der Waals surface area (Å²) in [5.74, 6) is -0.543. The van der Waals surface area contributed by atoms with Gasteiger partial charge >= 0.3 is 0 Å². The lowest BCUT2D eigenvalue weighted by Crippen LogP contribution is -2.44. The number of nitrogens with zero attached hydrogens (tertiary/aromatic N) is 3. The number of carbonyl (C=O) groups is 1. The number of pyridine rings is 1.